The molecular weight excluding hydrogens is 569 g/mol. The monoisotopic (exact) mass is 606 g/mol. The summed E-state index contributed by atoms with van der Waals surface area (Å²) in [6.07, 6.45) is 13.2. The molecular formula is C34H38O2S4. The van der Waals surface area contributed by atoms with Crippen molar-refractivity contribution in [1.82, 2.24) is 0 Å². The number of aliphatic hydroxyl groups excluding tert-OH is 1. The van der Waals surface area contributed by atoms with Crippen molar-refractivity contribution in [2.24, 2.45) is 0 Å². The van der Waals surface area contributed by atoms with Crippen LogP contribution >= 0.6 is 45.3 Å². The van der Waals surface area contributed by atoms with Gasteiger partial charge in [0.05, 0.1) is 25.4 Å². The van der Waals surface area contributed by atoms with Crippen molar-refractivity contribution in [2.75, 3.05) is 0 Å². The normalized spacial score (nSPS) is 11.6. The van der Waals surface area contributed by atoms with Gasteiger partial charge in [0.25, 0.3) is 0 Å². The molecule has 1 N–H and O–H groups in total. The van der Waals surface area contributed by atoms with E-state index in [0.29, 0.717) is 0 Å². The third-order valence-corrected chi connectivity index (χ3v) is 11.9. The third-order valence-electron chi connectivity index (χ3n) is 7.86. The van der Waals surface area contributed by atoms with Gasteiger partial charge in [-0.2, -0.15) is 0 Å². The molecule has 0 aliphatic rings. The van der Waals surface area contributed by atoms with E-state index in [0.717, 1.165) is 35.6 Å². The number of aliphatic hydroxyl groups is 1. The van der Waals surface area contributed by atoms with Crippen molar-refractivity contribution in [1.29, 1.82) is 0 Å². The molecule has 0 aliphatic carbocycles. The molecule has 6 aromatic rings. The predicted octanol–water partition coefficient (Wildman–Crippen LogP) is 11.8. The lowest BCUT2D eigenvalue weighted by atomic mass is 9.95. The van der Waals surface area contributed by atoms with Crippen LogP contribution in [0.2, 0.25) is 0 Å². The summed E-state index contributed by atoms with van der Waals surface area (Å²) in [6.45, 7) is 4.63. The number of aldehydes is 1. The zero-order valence-corrected chi connectivity index (χ0v) is 26.7. The maximum absolute atomic E-state index is 11.6. The molecule has 0 unspecified atom stereocenters. The molecule has 0 spiro atoms. The summed E-state index contributed by atoms with van der Waals surface area (Å²) in [5.74, 6) is 0. The van der Waals surface area contributed by atoms with E-state index < -0.39 is 0 Å². The van der Waals surface area contributed by atoms with E-state index in [-0.39, 0.29) is 6.61 Å². The molecule has 0 radical (unpaired) electrons. The number of hydrogen-bond donors (Lipinski definition) is 1. The van der Waals surface area contributed by atoms with Crippen LogP contribution < -0.4 is 0 Å². The van der Waals surface area contributed by atoms with Gasteiger partial charge in [0.15, 0.2) is 6.29 Å². The molecule has 4 aromatic heterocycles. The third kappa shape index (κ3) is 5.93. The molecule has 0 aliphatic heterocycles. The number of thiophene rings is 4. The second kappa shape index (κ2) is 14.2. The topological polar surface area (TPSA) is 37.3 Å². The van der Waals surface area contributed by atoms with Gasteiger partial charge < -0.3 is 5.11 Å². The molecule has 210 valence electrons. The highest BCUT2D eigenvalue weighted by atomic mass is 32.1. The van der Waals surface area contributed by atoms with Gasteiger partial charge in [-0.05, 0) is 104 Å². The first kappa shape index (κ1) is 29.4. The molecule has 2 nitrogen and oxygen atoms in total. The van der Waals surface area contributed by atoms with E-state index in [1.807, 2.05) is 11.3 Å². The summed E-state index contributed by atoms with van der Waals surface area (Å²) in [5.41, 5.74) is 4.72. The van der Waals surface area contributed by atoms with E-state index in [1.165, 1.54) is 97.5 Å². The second-order valence-corrected chi connectivity index (χ2v) is 14.1. The summed E-state index contributed by atoms with van der Waals surface area (Å²) >= 11 is 7.15. The summed E-state index contributed by atoms with van der Waals surface area (Å²) < 4.78 is 5.37. The second-order valence-electron chi connectivity index (χ2n) is 10.4. The van der Waals surface area contributed by atoms with Gasteiger partial charge in [-0.3, -0.25) is 4.79 Å². The lowest BCUT2D eigenvalue weighted by molar-refractivity contribution is 0.112. The van der Waals surface area contributed by atoms with E-state index in [1.54, 1.807) is 34.0 Å². The number of benzene rings is 2. The van der Waals surface area contributed by atoms with Crippen molar-refractivity contribution >= 4 is 92.0 Å². The van der Waals surface area contributed by atoms with Crippen LogP contribution in [0.25, 0.3) is 40.3 Å². The van der Waals surface area contributed by atoms with Crippen LogP contribution in [0.15, 0.2) is 45.8 Å². The highest BCUT2D eigenvalue weighted by Crippen LogP contribution is 2.40. The largest absolute Gasteiger partial charge is 0.392 e. The summed E-state index contributed by atoms with van der Waals surface area (Å²) in [5, 5.41) is 23.5. The maximum atomic E-state index is 11.6. The van der Waals surface area contributed by atoms with Gasteiger partial charge in [-0.1, -0.05) is 52.4 Å². The number of hydrogen-bond acceptors (Lipinski definition) is 6. The van der Waals surface area contributed by atoms with Crippen LogP contribution in [-0.2, 0) is 19.4 Å². The van der Waals surface area contributed by atoms with Crippen LogP contribution in [0.5, 0.6) is 0 Å². The fourth-order valence-electron chi connectivity index (χ4n) is 5.83. The summed E-state index contributed by atoms with van der Waals surface area (Å²) in [6, 6.07) is 8.67. The average molecular weight is 607 g/mol. The quantitative estimate of drug-likeness (QED) is 0.111. The molecule has 0 bridgehead atoms. The van der Waals surface area contributed by atoms with Crippen LogP contribution in [0.1, 0.15) is 92.3 Å². The van der Waals surface area contributed by atoms with E-state index in [9.17, 15) is 9.90 Å². The van der Waals surface area contributed by atoms with Crippen molar-refractivity contribution < 1.29 is 9.90 Å². The average Bonchev–Trinajstić information content (AvgIpc) is 3.79. The number of carbonyl (C=O) groups excluding carboxylic acids is 1. The molecule has 0 amide bonds. The lowest BCUT2D eigenvalue weighted by Crippen LogP contribution is -1.96. The van der Waals surface area contributed by atoms with Gasteiger partial charge in [0.2, 0.25) is 0 Å². The fourth-order valence-corrected chi connectivity index (χ4v) is 9.89. The standard InChI is InChI=1S/C17H20OS2.C17H18OS2/c2*1-2-3-4-5-6-12-13-7-9-19-16(13)17-14(8-10-20-17)15(12)11-18/h7-10,18H,2-6,11H2,1H3;7-11H,2-6H2,1H3. The van der Waals surface area contributed by atoms with E-state index >= 15 is 0 Å². The predicted molar refractivity (Wildman–Crippen MR) is 181 cm³/mol. The molecule has 4 heterocycles. The molecule has 0 saturated carbocycles. The highest BCUT2D eigenvalue weighted by Gasteiger charge is 2.16. The Kier molecular flexibility index (Phi) is 10.4. The number of rotatable bonds is 12. The van der Waals surface area contributed by atoms with Crippen molar-refractivity contribution in [3.05, 3.63) is 68.0 Å². The Hall–Kier alpha value is -2.09. The van der Waals surface area contributed by atoms with E-state index in [4.69, 9.17) is 0 Å². The van der Waals surface area contributed by atoms with Crippen LogP contribution in [0.3, 0.4) is 0 Å². The molecule has 0 atom stereocenters. The summed E-state index contributed by atoms with van der Waals surface area (Å²) in [7, 11) is 0. The molecule has 6 heteroatoms. The Labute approximate surface area is 253 Å². The minimum atomic E-state index is 0.155. The molecule has 0 saturated heterocycles. The van der Waals surface area contributed by atoms with Crippen LogP contribution in [-0.4, -0.2) is 11.4 Å². The van der Waals surface area contributed by atoms with Crippen molar-refractivity contribution in [2.45, 2.75) is 84.7 Å². The Morgan fingerprint density at radius 1 is 0.575 bits per heavy atom. The van der Waals surface area contributed by atoms with Crippen molar-refractivity contribution in [3.63, 3.8) is 0 Å². The summed E-state index contributed by atoms with van der Waals surface area (Å²) in [4.78, 5) is 11.6. The Balaban J connectivity index is 0.000000161. The van der Waals surface area contributed by atoms with Gasteiger partial charge in [0, 0.05) is 10.9 Å². The van der Waals surface area contributed by atoms with Gasteiger partial charge >= 0.3 is 0 Å². The van der Waals surface area contributed by atoms with Gasteiger partial charge in [-0.25, -0.2) is 0 Å². The first-order chi connectivity index (χ1) is 19.7. The molecule has 6 rings (SSSR count). The van der Waals surface area contributed by atoms with Gasteiger partial charge in [0.1, 0.15) is 0 Å². The van der Waals surface area contributed by atoms with Crippen LogP contribution in [0, 0.1) is 0 Å². The Bertz CT molecular complexity index is 1700. The Morgan fingerprint density at radius 2 is 1.00 bits per heavy atom. The maximum Gasteiger partial charge on any atom is 0.151 e. The van der Waals surface area contributed by atoms with Crippen molar-refractivity contribution in [3.8, 4) is 0 Å². The number of carbonyl (C=O) groups is 1. The first-order valence-electron chi connectivity index (χ1n) is 14.6. The number of aryl methyl sites for hydroxylation is 2. The smallest absolute Gasteiger partial charge is 0.151 e. The minimum absolute atomic E-state index is 0.155. The highest BCUT2D eigenvalue weighted by molar-refractivity contribution is 7.26. The Morgan fingerprint density at radius 3 is 1.48 bits per heavy atom. The molecule has 2 aromatic carbocycles. The zero-order valence-electron chi connectivity index (χ0n) is 23.5. The molecule has 40 heavy (non-hydrogen) atoms. The zero-order chi connectivity index (χ0) is 27.9. The van der Waals surface area contributed by atoms with E-state index in [2.05, 4.69) is 59.6 Å². The first-order valence-corrected chi connectivity index (χ1v) is 18.1. The lowest BCUT2D eigenvalue weighted by Gasteiger charge is -2.11. The molecule has 0 fully saturated rings. The minimum Gasteiger partial charge on any atom is -0.392 e. The number of unbranched alkanes of at least 4 members (excludes halogenated alkanes) is 6. The number of fused-ring (bicyclic) bond motifs is 6. The van der Waals surface area contributed by atoms with Gasteiger partial charge in [-0.15, -0.1) is 45.3 Å². The fraction of sp³-hybridized carbons (Fsp3) is 0.382. The SMILES string of the molecule is CCCCCCc1c(C=O)c2ccsc2c2sccc12.CCCCCCc1c(CO)c2ccsc2c2sccc12. The van der Waals surface area contributed by atoms with Crippen LogP contribution in [0.4, 0.5) is 0 Å².